The Hall–Kier alpha value is -2.36. The molecule has 0 spiro atoms. The van der Waals surface area contributed by atoms with Crippen LogP contribution in [0.4, 0.5) is 13.2 Å². The summed E-state index contributed by atoms with van der Waals surface area (Å²) in [5.74, 6) is -0.927. The van der Waals surface area contributed by atoms with Gasteiger partial charge in [0.25, 0.3) is 5.91 Å². The van der Waals surface area contributed by atoms with Crippen LogP contribution in [-0.4, -0.2) is 65.7 Å². The van der Waals surface area contributed by atoms with Gasteiger partial charge in [0, 0.05) is 25.8 Å². The molecule has 168 valence electrons. The first-order valence-electron chi connectivity index (χ1n) is 9.94. The van der Waals surface area contributed by atoms with E-state index in [1.54, 1.807) is 11.9 Å². The van der Waals surface area contributed by atoms with Gasteiger partial charge in [0.1, 0.15) is 12.3 Å². The van der Waals surface area contributed by atoms with Crippen molar-refractivity contribution >= 4 is 11.8 Å². The number of carbonyl (C=O) groups excluding carboxylic acids is 2. The van der Waals surface area contributed by atoms with Gasteiger partial charge in [0.15, 0.2) is 0 Å². The lowest BCUT2D eigenvalue weighted by atomic mass is 9.72. The summed E-state index contributed by atoms with van der Waals surface area (Å²) in [5.41, 5.74) is 0.377. The van der Waals surface area contributed by atoms with Crippen LogP contribution < -0.4 is 10.6 Å². The summed E-state index contributed by atoms with van der Waals surface area (Å²) in [6.45, 7) is 1.27. The fraction of sp³-hybridized carbons (Fsp3) is 0.650. The third-order valence-electron chi connectivity index (χ3n) is 5.60. The highest BCUT2D eigenvalue weighted by Gasteiger charge is 2.32. The first-order chi connectivity index (χ1) is 14.0. The Morgan fingerprint density at radius 3 is 2.57 bits per heavy atom. The maximum absolute atomic E-state index is 12.4. The number of rotatable bonds is 8. The Labute approximate surface area is 174 Å². The second-order valence-corrected chi connectivity index (χ2v) is 8.27. The summed E-state index contributed by atoms with van der Waals surface area (Å²) in [6.07, 6.45) is 2.50. The number of nitrogens with zero attached hydrogens (tertiary/aromatic N) is 2. The van der Waals surface area contributed by atoms with Crippen LogP contribution in [0.1, 0.15) is 49.4 Å². The molecule has 7 nitrogen and oxygen atoms in total. The van der Waals surface area contributed by atoms with Crippen LogP contribution in [0, 0.1) is 5.41 Å². The summed E-state index contributed by atoms with van der Waals surface area (Å²) >= 11 is 0. The molecule has 0 aliphatic heterocycles. The van der Waals surface area contributed by atoms with Crippen molar-refractivity contribution in [3.8, 4) is 5.75 Å². The van der Waals surface area contributed by atoms with E-state index in [2.05, 4.69) is 17.2 Å². The molecule has 0 radical (unpaired) electrons. The predicted molar refractivity (Wildman–Crippen MR) is 105 cm³/mol. The summed E-state index contributed by atoms with van der Waals surface area (Å²) in [6, 6.07) is 1.47. The Balaban J connectivity index is 1.71. The van der Waals surface area contributed by atoms with Crippen molar-refractivity contribution in [1.82, 2.24) is 20.5 Å². The molecule has 1 aromatic rings. The molecule has 1 saturated carbocycles. The second-order valence-electron chi connectivity index (χ2n) is 8.27. The maximum Gasteiger partial charge on any atom is 0.405 e. The first kappa shape index (κ1) is 23.9. The maximum atomic E-state index is 12.4. The number of pyridine rings is 1. The minimum atomic E-state index is -4.41. The zero-order valence-corrected chi connectivity index (χ0v) is 17.3. The minimum Gasteiger partial charge on any atom is -0.506 e. The summed E-state index contributed by atoms with van der Waals surface area (Å²) in [7, 11) is 1.71. The first-order valence-corrected chi connectivity index (χ1v) is 9.94. The molecule has 2 rings (SSSR count). The van der Waals surface area contributed by atoms with Crippen LogP contribution in [0.2, 0.25) is 0 Å². The number of halogens is 3. The topological polar surface area (TPSA) is 94.6 Å². The van der Waals surface area contributed by atoms with Crippen LogP contribution in [0.3, 0.4) is 0 Å². The highest BCUT2D eigenvalue weighted by atomic mass is 19.4. The summed E-state index contributed by atoms with van der Waals surface area (Å²) in [4.78, 5) is 29.4. The number of hydrogen-bond donors (Lipinski definition) is 3. The van der Waals surface area contributed by atoms with Crippen LogP contribution >= 0.6 is 0 Å². The zero-order valence-electron chi connectivity index (χ0n) is 17.3. The molecule has 1 aliphatic rings. The smallest absolute Gasteiger partial charge is 0.405 e. The third-order valence-corrected chi connectivity index (χ3v) is 5.60. The molecule has 3 N–H and O–H groups in total. The van der Waals surface area contributed by atoms with Gasteiger partial charge in [-0.25, -0.2) is 0 Å². The zero-order chi connectivity index (χ0) is 22.4. The van der Waals surface area contributed by atoms with Gasteiger partial charge in [-0.1, -0.05) is 6.92 Å². The van der Waals surface area contributed by atoms with Gasteiger partial charge in [-0.2, -0.15) is 13.2 Å². The lowest BCUT2D eigenvalue weighted by Gasteiger charge is -2.38. The molecule has 1 fully saturated rings. The number of hydrogen-bond acceptors (Lipinski definition) is 5. The molecular formula is C20H29F3N4O3. The van der Waals surface area contributed by atoms with Crippen molar-refractivity contribution in [2.75, 3.05) is 26.7 Å². The number of aromatic nitrogens is 1. The van der Waals surface area contributed by atoms with Gasteiger partial charge < -0.3 is 20.6 Å². The Morgan fingerprint density at radius 1 is 1.30 bits per heavy atom. The van der Waals surface area contributed by atoms with Gasteiger partial charge in [0.05, 0.1) is 18.3 Å². The Kier molecular flexibility index (Phi) is 8.05. The standard InChI is InChI=1S/C20H29F3N4O3/c1-19(7-8-27(2)18(30)14-9-16(28)11-24-10-14)5-3-15(4-6-19)25-12-17(29)26-13-20(21,22)23/h9-11,15,25,28H,3-8,12-13H2,1-2H3,(H,26,29)/t15-,19+. The number of amides is 2. The number of alkyl halides is 3. The molecule has 30 heavy (non-hydrogen) atoms. The van der Waals surface area contributed by atoms with Gasteiger partial charge in [-0.15, -0.1) is 0 Å². The Morgan fingerprint density at radius 2 is 1.97 bits per heavy atom. The van der Waals surface area contributed by atoms with E-state index in [4.69, 9.17) is 0 Å². The molecule has 0 bridgehead atoms. The molecule has 10 heteroatoms. The van der Waals surface area contributed by atoms with Gasteiger partial charge in [-0.3, -0.25) is 14.6 Å². The fourth-order valence-corrected chi connectivity index (χ4v) is 3.57. The van der Waals surface area contributed by atoms with Gasteiger partial charge in [0.2, 0.25) is 5.91 Å². The van der Waals surface area contributed by atoms with E-state index in [0.717, 1.165) is 32.1 Å². The van der Waals surface area contributed by atoms with E-state index < -0.39 is 18.6 Å². The molecule has 0 saturated heterocycles. The van der Waals surface area contributed by atoms with Crippen molar-refractivity contribution in [3.63, 3.8) is 0 Å². The average molecular weight is 430 g/mol. The molecule has 1 heterocycles. The third kappa shape index (κ3) is 7.81. The minimum absolute atomic E-state index is 0.0440. The van der Waals surface area contributed by atoms with Crippen LogP contribution in [-0.2, 0) is 4.79 Å². The largest absolute Gasteiger partial charge is 0.506 e. The monoisotopic (exact) mass is 430 g/mol. The highest BCUT2D eigenvalue weighted by molar-refractivity contribution is 5.94. The summed E-state index contributed by atoms with van der Waals surface area (Å²) < 4.78 is 36.3. The van der Waals surface area contributed by atoms with Crippen LogP contribution in [0.5, 0.6) is 5.75 Å². The molecule has 0 atom stereocenters. The van der Waals surface area contributed by atoms with E-state index in [1.165, 1.54) is 18.5 Å². The van der Waals surface area contributed by atoms with Gasteiger partial charge in [-0.05, 0) is 43.6 Å². The second kappa shape index (κ2) is 10.1. The molecule has 1 aromatic heterocycles. The molecule has 2 amide bonds. The number of nitrogens with one attached hydrogen (secondary N) is 2. The van der Waals surface area contributed by atoms with E-state index in [0.29, 0.717) is 12.1 Å². The van der Waals surface area contributed by atoms with Crippen LogP contribution in [0.25, 0.3) is 0 Å². The average Bonchev–Trinajstić information content (AvgIpc) is 2.69. The lowest BCUT2D eigenvalue weighted by Crippen LogP contribution is -2.44. The van der Waals surface area contributed by atoms with Crippen molar-refractivity contribution < 1.29 is 27.9 Å². The van der Waals surface area contributed by atoms with E-state index in [1.807, 2.05) is 5.32 Å². The van der Waals surface area contributed by atoms with E-state index in [9.17, 15) is 27.9 Å². The van der Waals surface area contributed by atoms with Crippen LogP contribution in [0.15, 0.2) is 18.5 Å². The Bertz CT molecular complexity index is 734. The van der Waals surface area contributed by atoms with Gasteiger partial charge >= 0.3 is 6.18 Å². The van der Waals surface area contributed by atoms with E-state index in [-0.39, 0.29) is 29.7 Å². The summed E-state index contributed by atoms with van der Waals surface area (Å²) in [5, 5.41) is 14.4. The molecule has 0 unspecified atom stereocenters. The van der Waals surface area contributed by atoms with Crippen molar-refractivity contribution in [3.05, 3.63) is 24.0 Å². The molecule has 0 aromatic carbocycles. The normalized spacial score (nSPS) is 21.8. The van der Waals surface area contributed by atoms with Crippen molar-refractivity contribution in [2.24, 2.45) is 5.41 Å². The quantitative estimate of drug-likeness (QED) is 0.589. The van der Waals surface area contributed by atoms with Crippen molar-refractivity contribution in [2.45, 2.75) is 51.2 Å². The fourth-order valence-electron chi connectivity index (χ4n) is 3.57. The van der Waals surface area contributed by atoms with E-state index >= 15 is 0 Å². The lowest BCUT2D eigenvalue weighted by molar-refractivity contribution is -0.138. The SMILES string of the molecule is CN(CC[C@]1(C)CC[C@H](NCC(=O)NCC(F)(F)F)CC1)C(=O)c1cncc(O)c1. The van der Waals surface area contributed by atoms with Crippen molar-refractivity contribution in [1.29, 1.82) is 0 Å². The molecule has 1 aliphatic carbocycles. The number of aromatic hydroxyl groups is 1. The molecular weight excluding hydrogens is 401 g/mol. The number of carbonyl (C=O) groups is 2. The predicted octanol–water partition coefficient (Wildman–Crippen LogP) is 2.47. The highest BCUT2D eigenvalue weighted by Crippen LogP contribution is 2.39.